The van der Waals surface area contributed by atoms with Gasteiger partial charge < -0.3 is 19.7 Å². The summed E-state index contributed by atoms with van der Waals surface area (Å²) in [6, 6.07) is 3.59. The molecule has 0 saturated carbocycles. The molecular weight excluding hydrogens is 348 g/mol. The SMILES string of the molecule is CCOc1c(Br)cc(C(=O)N2C[C@H]3CNC[C@H]3C2)cc1OC. The number of rotatable bonds is 4. The molecule has 6 heteroatoms. The number of ether oxygens (including phenoxy) is 2. The van der Waals surface area contributed by atoms with Crippen molar-refractivity contribution in [2.24, 2.45) is 11.8 Å². The summed E-state index contributed by atoms with van der Waals surface area (Å²) >= 11 is 3.48. The number of nitrogens with one attached hydrogen (secondary N) is 1. The molecule has 0 bridgehead atoms. The second kappa shape index (κ2) is 6.46. The monoisotopic (exact) mass is 368 g/mol. The van der Waals surface area contributed by atoms with E-state index in [1.54, 1.807) is 13.2 Å². The van der Waals surface area contributed by atoms with Crippen LogP contribution in [0.3, 0.4) is 0 Å². The van der Waals surface area contributed by atoms with E-state index in [4.69, 9.17) is 9.47 Å². The van der Waals surface area contributed by atoms with Gasteiger partial charge in [-0.15, -0.1) is 0 Å². The van der Waals surface area contributed by atoms with Crippen molar-refractivity contribution in [2.75, 3.05) is 39.9 Å². The van der Waals surface area contributed by atoms with E-state index < -0.39 is 0 Å². The van der Waals surface area contributed by atoms with Gasteiger partial charge in [0.2, 0.25) is 0 Å². The third-order valence-electron chi connectivity index (χ3n) is 4.44. The average Bonchev–Trinajstić information content (AvgIpc) is 3.09. The molecule has 1 aromatic rings. The van der Waals surface area contributed by atoms with Crippen LogP contribution in [0.15, 0.2) is 16.6 Å². The van der Waals surface area contributed by atoms with Crippen LogP contribution < -0.4 is 14.8 Å². The number of carbonyl (C=O) groups is 1. The van der Waals surface area contributed by atoms with Crippen LogP contribution in [-0.4, -0.2) is 50.7 Å². The number of carbonyl (C=O) groups excluding carboxylic acids is 1. The Bertz CT molecular complexity index is 567. The number of methoxy groups -OCH3 is 1. The van der Waals surface area contributed by atoms with Crippen molar-refractivity contribution in [3.8, 4) is 11.5 Å². The summed E-state index contributed by atoms with van der Waals surface area (Å²) < 4.78 is 11.7. The molecule has 0 radical (unpaired) electrons. The fraction of sp³-hybridized carbons (Fsp3) is 0.562. The first kappa shape index (κ1) is 15.6. The second-order valence-corrected chi connectivity index (χ2v) is 6.67. The van der Waals surface area contributed by atoms with Gasteiger partial charge in [-0.1, -0.05) is 0 Å². The molecule has 3 rings (SSSR count). The summed E-state index contributed by atoms with van der Waals surface area (Å²) in [5.74, 6) is 2.48. The van der Waals surface area contributed by atoms with Gasteiger partial charge in [0, 0.05) is 31.7 Å². The zero-order valence-electron chi connectivity index (χ0n) is 12.9. The summed E-state index contributed by atoms with van der Waals surface area (Å²) in [4.78, 5) is 14.7. The minimum Gasteiger partial charge on any atom is -0.493 e. The van der Waals surface area contributed by atoms with Crippen LogP contribution in [0.4, 0.5) is 0 Å². The van der Waals surface area contributed by atoms with Gasteiger partial charge in [0.05, 0.1) is 18.2 Å². The smallest absolute Gasteiger partial charge is 0.254 e. The molecule has 1 aromatic carbocycles. The molecule has 1 N–H and O–H groups in total. The van der Waals surface area contributed by atoms with Crippen LogP contribution in [0.2, 0.25) is 0 Å². The highest BCUT2D eigenvalue weighted by Crippen LogP contribution is 2.37. The number of hydrogen-bond acceptors (Lipinski definition) is 4. The highest BCUT2D eigenvalue weighted by Gasteiger charge is 2.38. The molecule has 120 valence electrons. The van der Waals surface area contributed by atoms with E-state index in [1.165, 1.54) is 0 Å². The Morgan fingerprint density at radius 1 is 1.36 bits per heavy atom. The third-order valence-corrected chi connectivity index (χ3v) is 5.03. The Morgan fingerprint density at radius 3 is 2.64 bits per heavy atom. The summed E-state index contributed by atoms with van der Waals surface area (Å²) in [5, 5.41) is 3.39. The molecule has 2 saturated heterocycles. The summed E-state index contributed by atoms with van der Waals surface area (Å²) in [6.45, 7) is 6.18. The number of fused-ring (bicyclic) bond motifs is 1. The zero-order chi connectivity index (χ0) is 15.7. The Morgan fingerprint density at radius 2 is 2.05 bits per heavy atom. The van der Waals surface area contributed by atoms with Crippen LogP contribution in [0.1, 0.15) is 17.3 Å². The lowest BCUT2D eigenvalue weighted by Gasteiger charge is -2.19. The van der Waals surface area contributed by atoms with E-state index in [9.17, 15) is 4.79 Å². The van der Waals surface area contributed by atoms with Gasteiger partial charge >= 0.3 is 0 Å². The number of hydrogen-bond donors (Lipinski definition) is 1. The molecule has 2 heterocycles. The summed E-state index contributed by atoms with van der Waals surface area (Å²) in [7, 11) is 1.59. The minimum absolute atomic E-state index is 0.0662. The summed E-state index contributed by atoms with van der Waals surface area (Å²) in [5.41, 5.74) is 0.639. The van der Waals surface area contributed by atoms with Gasteiger partial charge in [-0.25, -0.2) is 0 Å². The molecule has 0 aliphatic carbocycles. The fourth-order valence-electron chi connectivity index (χ4n) is 3.33. The van der Waals surface area contributed by atoms with Gasteiger partial charge in [0.15, 0.2) is 11.5 Å². The largest absolute Gasteiger partial charge is 0.493 e. The first-order chi connectivity index (χ1) is 10.6. The normalized spacial score (nSPS) is 23.5. The fourth-order valence-corrected chi connectivity index (χ4v) is 3.89. The number of amides is 1. The highest BCUT2D eigenvalue weighted by molar-refractivity contribution is 9.10. The van der Waals surface area contributed by atoms with Gasteiger partial charge in [-0.3, -0.25) is 4.79 Å². The van der Waals surface area contributed by atoms with Gasteiger partial charge in [0.25, 0.3) is 5.91 Å². The molecule has 0 unspecified atom stereocenters. The number of likely N-dealkylation sites (tertiary alicyclic amines) is 1. The van der Waals surface area contributed by atoms with Crippen LogP contribution in [0, 0.1) is 11.8 Å². The lowest BCUT2D eigenvalue weighted by Crippen LogP contribution is -2.31. The van der Waals surface area contributed by atoms with Crippen LogP contribution in [0.5, 0.6) is 11.5 Å². The van der Waals surface area contributed by atoms with Crippen LogP contribution >= 0.6 is 15.9 Å². The Labute approximate surface area is 139 Å². The van der Waals surface area contributed by atoms with E-state index in [2.05, 4.69) is 21.2 Å². The molecule has 1 amide bonds. The predicted molar refractivity (Wildman–Crippen MR) is 87.6 cm³/mol. The molecule has 0 aromatic heterocycles. The van der Waals surface area contributed by atoms with Crippen molar-refractivity contribution in [3.05, 3.63) is 22.2 Å². The third kappa shape index (κ3) is 2.82. The first-order valence-electron chi connectivity index (χ1n) is 7.64. The molecule has 5 nitrogen and oxygen atoms in total. The topological polar surface area (TPSA) is 50.8 Å². The van der Waals surface area contributed by atoms with Gasteiger partial charge in [-0.2, -0.15) is 0 Å². The summed E-state index contributed by atoms with van der Waals surface area (Å²) in [6.07, 6.45) is 0. The van der Waals surface area contributed by atoms with Crippen LogP contribution in [-0.2, 0) is 0 Å². The van der Waals surface area contributed by atoms with Crippen molar-refractivity contribution >= 4 is 21.8 Å². The van der Waals surface area contributed by atoms with E-state index in [-0.39, 0.29) is 5.91 Å². The van der Waals surface area contributed by atoms with Gasteiger partial charge in [0.1, 0.15) is 0 Å². The zero-order valence-corrected chi connectivity index (χ0v) is 14.5. The predicted octanol–water partition coefficient (Wildman–Crippen LogP) is 2.15. The van der Waals surface area contributed by atoms with Crippen LogP contribution in [0.25, 0.3) is 0 Å². The molecular formula is C16H21BrN2O3. The highest BCUT2D eigenvalue weighted by atomic mass is 79.9. The van der Waals surface area contributed by atoms with E-state index in [1.807, 2.05) is 17.9 Å². The Hall–Kier alpha value is -1.27. The Balaban J connectivity index is 1.82. The minimum atomic E-state index is 0.0662. The van der Waals surface area contributed by atoms with Gasteiger partial charge in [-0.05, 0) is 46.8 Å². The number of halogens is 1. The number of benzene rings is 1. The van der Waals surface area contributed by atoms with Crippen molar-refractivity contribution in [1.82, 2.24) is 10.2 Å². The lowest BCUT2D eigenvalue weighted by atomic mass is 10.0. The first-order valence-corrected chi connectivity index (χ1v) is 8.43. The van der Waals surface area contributed by atoms with E-state index >= 15 is 0 Å². The quantitative estimate of drug-likeness (QED) is 0.884. The second-order valence-electron chi connectivity index (χ2n) is 5.81. The van der Waals surface area contributed by atoms with Crippen molar-refractivity contribution < 1.29 is 14.3 Å². The van der Waals surface area contributed by atoms with E-state index in [0.29, 0.717) is 35.5 Å². The van der Waals surface area contributed by atoms with Crippen molar-refractivity contribution in [3.63, 3.8) is 0 Å². The standard InChI is InChI=1S/C16H21BrN2O3/c1-3-22-15-13(17)4-10(5-14(15)21-2)16(20)19-8-11-6-18-7-12(11)9-19/h4-5,11-12,18H,3,6-9H2,1-2H3/t11-,12+. The molecule has 2 aliphatic heterocycles. The maximum Gasteiger partial charge on any atom is 0.254 e. The van der Waals surface area contributed by atoms with Crippen molar-refractivity contribution in [2.45, 2.75) is 6.92 Å². The molecule has 2 aliphatic rings. The molecule has 0 spiro atoms. The molecule has 2 atom stereocenters. The maximum absolute atomic E-state index is 12.8. The molecule has 22 heavy (non-hydrogen) atoms. The Kier molecular flexibility index (Phi) is 4.59. The van der Waals surface area contributed by atoms with Crippen molar-refractivity contribution in [1.29, 1.82) is 0 Å². The maximum atomic E-state index is 12.8. The lowest BCUT2D eigenvalue weighted by molar-refractivity contribution is 0.0781. The number of nitrogens with zero attached hydrogens (tertiary/aromatic N) is 1. The molecule has 2 fully saturated rings. The average molecular weight is 369 g/mol. The van der Waals surface area contributed by atoms with E-state index in [0.717, 1.165) is 30.7 Å².